The standard InChI is InChI=1S/C12H18N4OS/c1-3-6-16-12(9(17-2)8-14-16)11(15-13)10-5-4-7-18-10/h4-5,7-8,11,15H,3,6,13H2,1-2H3. The van der Waals surface area contributed by atoms with Crippen molar-refractivity contribution in [2.45, 2.75) is 25.9 Å². The van der Waals surface area contributed by atoms with Crippen LogP contribution < -0.4 is 16.0 Å². The summed E-state index contributed by atoms with van der Waals surface area (Å²) in [6, 6.07) is 3.98. The van der Waals surface area contributed by atoms with Crippen molar-refractivity contribution in [1.29, 1.82) is 0 Å². The Hall–Kier alpha value is -1.37. The van der Waals surface area contributed by atoms with Crippen LogP contribution in [0.25, 0.3) is 0 Å². The van der Waals surface area contributed by atoms with E-state index in [2.05, 4.69) is 23.5 Å². The van der Waals surface area contributed by atoms with Gasteiger partial charge in [-0.2, -0.15) is 5.10 Å². The lowest BCUT2D eigenvalue weighted by atomic mass is 10.1. The Morgan fingerprint density at radius 1 is 1.61 bits per heavy atom. The minimum Gasteiger partial charge on any atom is -0.493 e. The maximum Gasteiger partial charge on any atom is 0.162 e. The SMILES string of the molecule is CCCn1ncc(OC)c1C(NN)c1cccs1. The summed E-state index contributed by atoms with van der Waals surface area (Å²) < 4.78 is 7.33. The van der Waals surface area contributed by atoms with Crippen molar-refractivity contribution in [3.8, 4) is 5.75 Å². The van der Waals surface area contributed by atoms with Gasteiger partial charge >= 0.3 is 0 Å². The monoisotopic (exact) mass is 266 g/mol. The largest absolute Gasteiger partial charge is 0.493 e. The van der Waals surface area contributed by atoms with E-state index in [0.717, 1.165) is 29.3 Å². The molecule has 0 saturated carbocycles. The van der Waals surface area contributed by atoms with Gasteiger partial charge in [0.2, 0.25) is 0 Å². The van der Waals surface area contributed by atoms with Crippen LogP contribution in [-0.2, 0) is 6.54 Å². The summed E-state index contributed by atoms with van der Waals surface area (Å²) in [5.74, 6) is 6.47. The van der Waals surface area contributed by atoms with Crippen LogP contribution in [0, 0.1) is 0 Å². The number of hydrogen-bond acceptors (Lipinski definition) is 5. The van der Waals surface area contributed by atoms with E-state index in [-0.39, 0.29) is 6.04 Å². The summed E-state index contributed by atoms with van der Waals surface area (Å²) in [6.45, 7) is 2.97. The number of ether oxygens (including phenoxy) is 1. The second kappa shape index (κ2) is 5.99. The van der Waals surface area contributed by atoms with Crippen molar-refractivity contribution in [3.05, 3.63) is 34.3 Å². The van der Waals surface area contributed by atoms with E-state index in [1.54, 1.807) is 24.6 Å². The average molecular weight is 266 g/mol. The molecule has 0 saturated heterocycles. The summed E-state index contributed by atoms with van der Waals surface area (Å²) in [5.41, 5.74) is 3.83. The zero-order valence-corrected chi connectivity index (χ0v) is 11.4. The highest BCUT2D eigenvalue weighted by molar-refractivity contribution is 7.10. The van der Waals surface area contributed by atoms with E-state index in [0.29, 0.717) is 0 Å². The van der Waals surface area contributed by atoms with Crippen molar-refractivity contribution in [3.63, 3.8) is 0 Å². The Morgan fingerprint density at radius 3 is 3.00 bits per heavy atom. The minimum absolute atomic E-state index is 0.0889. The van der Waals surface area contributed by atoms with Crippen molar-refractivity contribution in [2.24, 2.45) is 5.84 Å². The zero-order chi connectivity index (χ0) is 13.0. The fraction of sp³-hybridized carbons (Fsp3) is 0.417. The number of hydrazine groups is 1. The second-order valence-electron chi connectivity index (χ2n) is 3.94. The zero-order valence-electron chi connectivity index (χ0n) is 10.6. The number of aryl methyl sites for hydroxylation is 1. The molecule has 2 rings (SSSR count). The molecule has 2 aromatic heterocycles. The van der Waals surface area contributed by atoms with E-state index in [1.807, 2.05) is 16.1 Å². The molecule has 2 aromatic rings. The van der Waals surface area contributed by atoms with Crippen LogP contribution in [0.15, 0.2) is 23.7 Å². The second-order valence-corrected chi connectivity index (χ2v) is 4.92. The molecule has 0 spiro atoms. The Morgan fingerprint density at radius 2 is 2.44 bits per heavy atom. The molecule has 1 atom stereocenters. The molecular formula is C12H18N4OS. The molecule has 18 heavy (non-hydrogen) atoms. The molecule has 2 heterocycles. The van der Waals surface area contributed by atoms with Crippen molar-refractivity contribution in [2.75, 3.05) is 7.11 Å². The van der Waals surface area contributed by atoms with Gasteiger partial charge in [-0.15, -0.1) is 11.3 Å². The van der Waals surface area contributed by atoms with E-state index < -0.39 is 0 Å². The highest BCUT2D eigenvalue weighted by Crippen LogP contribution is 2.31. The number of thiophene rings is 1. The van der Waals surface area contributed by atoms with Gasteiger partial charge in [-0.05, 0) is 17.9 Å². The Bertz CT molecular complexity index is 480. The molecule has 0 bridgehead atoms. The molecule has 0 fully saturated rings. The molecule has 5 nitrogen and oxygen atoms in total. The van der Waals surface area contributed by atoms with Gasteiger partial charge < -0.3 is 4.74 Å². The van der Waals surface area contributed by atoms with Crippen molar-refractivity contribution < 1.29 is 4.74 Å². The quantitative estimate of drug-likeness (QED) is 0.619. The fourth-order valence-corrected chi connectivity index (χ4v) is 2.75. The van der Waals surface area contributed by atoms with Crippen LogP contribution in [0.1, 0.15) is 30.0 Å². The summed E-state index contributed by atoms with van der Waals surface area (Å²) in [4.78, 5) is 1.15. The molecule has 3 N–H and O–H groups in total. The number of hydrogen-bond donors (Lipinski definition) is 2. The smallest absolute Gasteiger partial charge is 0.162 e. The number of nitrogens with one attached hydrogen (secondary N) is 1. The van der Waals surface area contributed by atoms with Crippen LogP contribution in [-0.4, -0.2) is 16.9 Å². The number of nitrogens with two attached hydrogens (primary N) is 1. The van der Waals surface area contributed by atoms with E-state index in [1.165, 1.54) is 0 Å². The fourth-order valence-electron chi connectivity index (χ4n) is 1.97. The molecule has 6 heteroatoms. The van der Waals surface area contributed by atoms with Gasteiger partial charge in [-0.25, -0.2) is 5.43 Å². The molecule has 0 aliphatic rings. The lowest BCUT2D eigenvalue weighted by Gasteiger charge is -2.17. The number of aromatic nitrogens is 2. The van der Waals surface area contributed by atoms with Gasteiger partial charge in [0.15, 0.2) is 5.75 Å². The molecule has 0 radical (unpaired) electrons. The predicted molar refractivity (Wildman–Crippen MR) is 72.6 cm³/mol. The van der Waals surface area contributed by atoms with Gasteiger partial charge in [0.05, 0.1) is 13.3 Å². The first-order chi connectivity index (χ1) is 8.81. The van der Waals surface area contributed by atoms with Gasteiger partial charge in [-0.1, -0.05) is 13.0 Å². The van der Waals surface area contributed by atoms with Gasteiger partial charge in [-0.3, -0.25) is 10.5 Å². The highest BCUT2D eigenvalue weighted by atomic mass is 32.1. The number of methoxy groups -OCH3 is 1. The van der Waals surface area contributed by atoms with Gasteiger partial charge in [0, 0.05) is 11.4 Å². The van der Waals surface area contributed by atoms with Gasteiger partial charge in [0.1, 0.15) is 11.7 Å². The lowest BCUT2D eigenvalue weighted by Crippen LogP contribution is -2.30. The maximum atomic E-state index is 5.70. The molecular weight excluding hydrogens is 248 g/mol. The first-order valence-electron chi connectivity index (χ1n) is 5.91. The first-order valence-corrected chi connectivity index (χ1v) is 6.79. The minimum atomic E-state index is -0.0889. The lowest BCUT2D eigenvalue weighted by molar-refractivity contribution is 0.399. The molecule has 0 aromatic carbocycles. The van der Waals surface area contributed by atoms with Crippen LogP contribution >= 0.6 is 11.3 Å². The van der Waals surface area contributed by atoms with Gasteiger partial charge in [0.25, 0.3) is 0 Å². The molecule has 0 aliphatic carbocycles. The molecule has 0 aliphatic heterocycles. The Labute approximate surface area is 111 Å². The Balaban J connectivity index is 2.42. The van der Waals surface area contributed by atoms with E-state index in [4.69, 9.17) is 10.6 Å². The highest BCUT2D eigenvalue weighted by Gasteiger charge is 2.23. The van der Waals surface area contributed by atoms with Crippen LogP contribution in [0.2, 0.25) is 0 Å². The molecule has 1 unspecified atom stereocenters. The first kappa shape index (κ1) is 13.1. The molecule has 98 valence electrons. The number of nitrogens with zero attached hydrogens (tertiary/aromatic N) is 2. The third-order valence-corrected chi connectivity index (χ3v) is 3.71. The van der Waals surface area contributed by atoms with Crippen LogP contribution in [0.5, 0.6) is 5.75 Å². The van der Waals surface area contributed by atoms with E-state index >= 15 is 0 Å². The molecule has 0 amide bonds. The van der Waals surface area contributed by atoms with Crippen LogP contribution in [0.3, 0.4) is 0 Å². The third-order valence-electron chi connectivity index (χ3n) is 2.77. The predicted octanol–water partition coefficient (Wildman–Crippen LogP) is 1.92. The summed E-state index contributed by atoms with van der Waals surface area (Å²) >= 11 is 1.66. The number of rotatable bonds is 6. The van der Waals surface area contributed by atoms with Crippen LogP contribution in [0.4, 0.5) is 0 Å². The van der Waals surface area contributed by atoms with Crippen molar-refractivity contribution in [1.82, 2.24) is 15.2 Å². The third kappa shape index (κ3) is 2.40. The van der Waals surface area contributed by atoms with Crippen molar-refractivity contribution >= 4 is 11.3 Å². The summed E-state index contributed by atoms with van der Waals surface area (Å²) in [7, 11) is 1.65. The van der Waals surface area contributed by atoms with E-state index in [9.17, 15) is 0 Å². The topological polar surface area (TPSA) is 65.1 Å². The summed E-state index contributed by atoms with van der Waals surface area (Å²) in [5, 5.41) is 6.39. The Kier molecular flexibility index (Phi) is 4.35. The summed E-state index contributed by atoms with van der Waals surface area (Å²) in [6.07, 6.45) is 2.75. The normalized spacial score (nSPS) is 12.6. The maximum absolute atomic E-state index is 5.70. The average Bonchev–Trinajstić information content (AvgIpc) is 3.02.